The molecule has 3 nitrogen and oxygen atoms in total. The molecule has 0 bridgehead atoms. The Labute approximate surface area is 109 Å². The maximum atomic E-state index is 5.80. The van der Waals surface area contributed by atoms with Gasteiger partial charge in [0.25, 0.3) is 0 Å². The molecule has 2 heterocycles. The smallest absolute Gasteiger partial charge is 0.0772 e. The average Bonchev–Trinajstić information content (AvgIpc) is 2.76. The minimum atomic E-state index is 0.298. The van der Waals surface area contributed by atoms with Crippen LogP contribution in [0.15, 0.2) is 30.5 Å². The van der Waals surface area contributed by atoms with Crippen LogP contribution in [0.4, 0.5) is 0 Å². The van der Waals surface area contributed by atoms with Crippen molar-refractivity contribution in [2.24, 2.45) is 0 Å². The second-order valence-electron chi connectivity index (χ2n) is 4.52. The maximum absolute atomic E-state index is 5.80. The van der Waals surface area contributed by atoms with Gasteiger partial charge in [0.2, 0.25) is 0 Å². The molecule has 0 aliphatic carbocycles. The van der Waals surface area contributed by atoms with E-state index in [4.69, 9.17) is 4.74 Å². The molecule has 17 heavy (non-hydrogen) atoms. The molecule has 2 atom stereocenters. The van der Waals surface area contributed by atoms with E-state index in [1.54, 1.807) is 0 Å². The van der Waals surface area contributed by atoms with E-state index in [0.717, 1.165) is 19.6 Å². The van der Waals surface area contributed by atoms with Gasteiger partial charge in [-0.3, -0.25) is 4.68 Å². The summed E-state index contributed by atoms with van der Waals surface area (Å²) in [7, 11) is 0. The first kappa shape index (κ1) is 11.2. The van der Waals surface area contributed by atoms with Gasteiger partial charge < -0.3 is 4.74 Å². The predicted octanol–water partition coefficient (Wildman–Crippen LogP) is 2.98. The van der Waals surface area contributed by atoms with Gasteiger partial charge in [0.05, 0.1) is 31.0 Å². The highest BCUT2D eigenvalue weighted by Gasteiger charge is 2.20. The third-order valence-corrected chi connectivity index (χ3v) is 3.96. The number of ether oxygens (including phenoxy) is 1. The molecule has 1 saturated heterocycles. The molecule has 1 aromatic carbocycles. The van der Waals surface area contributed by atoms with Crippen molar-refractivity contribution in [3.63, 3.8) is 0 Å². The molecule has 0 spiro atoms. The summed E-state index contributed by atoms with van der Waals surface area (Å²) < 4.78 is 7.85. The summed E-state index contributed by atoms with van der Waals surface area (Å²) in [6.45, 7) is 1.66. The van der Waals surface area contributed by atoms with E-state index in [1.165, 1.54) is 17.3 Å². The summed E-state index contributed by atoms with van der Waals surface area (Å²) in [5, 5.41) is 5.63. The van der Waals surface area contributed by atoms with Gasteiger partial charge in [-0.25, -0.2) is 0 Å². The summed E-state index contributed by atoms with van der Waals surface area (Å²) in [6, 6.07) is 8.30. The van der Waals surface area contributed by atoms with Crippen molar-refractivity contribution in [2.45, 2.75) is 30.3 Å². The van der Waals surface area contributed by atoms with Crippen molar-refractivity contribution in [2.75, 3.05) is 6.61 Å². The molecule has 0 radical (unpaired) electrons. The van der Waals surface area contributed by atoms with Crippen molar-refractivity contribution in [3.05, 3.63) is 30.5 Å². The molecule has 0 saturated carbocycles. The van der Waals surface area contributed by atoms with Gasteiger partial charge in [0.15, 0.2) is 0 Å². The van der Waals surface area contributed by atoms with Crippen LogP contribution in [0.25, 0.3) is 10.9 Å². The van der Waals surface area contributed by atoms with E-state index in [0.29, 0.717) is 10.9 Å². The number of rotatable bonds is 2. The fourth-order valence-electron chi connectivity index (χ4n) is 2.28. The monoisotopic (exact) mass is 294 g/mol. The van der Waals surface area contributed by atoms with Crippen molar-refractivity contribution in [1.82, 2.24) is 9.78 Å². The van der Waals surface area contributed by atoms with Crippen LogP contribution in [0.2, 0.25) is 0 Å². The first-order valence-corrected chi connectivity index (χ1v) is 6.91. The maximum Gasteiger partial charge on any atom is 0.0772 e. The zero-order valence-corrected chi connectivity index (χ0v) is 11.1. The van der Waals surface area contributed by atoms with E-state index in [2.05, 4.69) is 43.9 Å². The quantitative estimate of drug-likeness (QED) is 0.796. The standard InChI is InChI=1S/C13H15BrN2O/c14-11-5-6-12(17-9-11)8-16-13-4-2-1-3-10(13)7-15-16/h1-4,7,11-12H,5-6,8-9H2. The van der Waals surface area contributed by atoms with E-state index >= 15 is 0 Å². The molecule has 1 aliphatic rings. The van der Waals surface area contributed by atoms with Crippen LogP contribution in [0.1, 0.15) is 12.8 Å². The Kier molecular flexibility index (Phi) is 3.16. The van der Waals surface area contributed by atoms with Gasteiger partial charge in [0, 0.05) is 10.2 Å². The van der Waals surface area contributed by atoms with Gasteiger partial charge in [-0.15, -0.1) is 0 Å². The van der Waals surface area contributed by atoms with Gasteiger partial charge in [0.1, 0.15) is 0 Å². The second kappa shape index (κ2) is 4.78. The number of nitrogens with zero attached hydrogens (tertiary/aromatic N) is 2. The zero-order valence-electron chi connectivity index (χ0n) is 9.55. The van der Waals surface area contributed by atoms with Crippen molar-refractivity contribution >= 4 is 26.8 Å². The third kappa shape index (κ3) is 2.38. The normalized spacial score (nSPS) is 25.2. The van der Waals surface area contributed by atoms with Gasteiger partial charge in [-0.2, -0.15) is 5.10 Å². The minimum Gasteiger partial charge on any atom is -0.375 e. The van der Waals surface area contributed by atoms with Crippen molar-refractivity contribution in [1.29, 1.82) is 0 Å². The van der Waals surface area contributed by atoms with Crippen LogP contribution < -0.4 is 0 Å². The fraction of sp³-hybridized carbons (Fsp3) is 0.462. The number of aromatic nitrogens is 2. The first-order chi connectivity index (χ1) is 8.33. The molecule has 1 fully saturated rings. The third-order valence-electron chi connectivity index (χ3n) is 3.24. The number of para-hydroxylation sites is 1. The second-order valence-corrected chi connectivity index (χ2v) is 5.81. The van der Waals surface area contributed by atoms with Gasteiger partial charge >= 0.3 is 0 Å². The number of hydrogen-bond donors (Lipinski definition) is 0. The first-order valence-electron chi connectivity index (χ1n) is 5.99. The molecule has 2 unspecified atom stereocenters. The predicted molar refractivity (Wildman–Crippen MR) is 71.4 cm³/mol. The Morgan fingerprint density at radius 3 is 3.06 bits per heavy atom. The molecule has 0 N–H and O–H groups in total. The zero-order chi connectivity index (χ0) is 11.7. The lowest BCUT2D eigenvalue weighted by Gasteiger charge is -2.26. The molecule has 3 rings (SSSR count). The highest BCUT2D eigenvalue weighted by Crippen LogP contribution is 2.21. The van der Waals surface area contributed by atoms with Gasteiger partial charge in [-0.05, 0) is 18.9 Å². The van der Waals surface area contributed by atoms with Gasteiger partial charge in [-0.1, -0.05) is 34.1 Å². The van der Waals surface area contributed by atoms with Crippen LogP contribution in [0, 0.1) is 0 Å². The highest BCUT2D eigenvalue weighted by atomic mass is 79.9. The molecule has 2 aromatic rings. The Morgan fingerprint density at radius 1 is 1.35 bits per heavy atom. The summed E-state index contributed by atoms with van der Waals surface area (Å²) in [5.41, 5.74) is 1.19. The number of alkyl halides is 1. The lowest BCUT2D eigenvalue weighted by atomic mass is 10.1. The van der Waals surface area contributed by atoms with E-state index in [9.17, 15) is 0 Å². The average molecular weight is 295 g/mol. The molecule has 1 aromatic heterocycles. The summed E-state index contributed by atoms with van der Waals surface area (Å²) in [6.07, 6.45) is 4.51. The molecule has 90 valence electrons. The fourth-order valence-corrected chi connectivity index (χ4v) is 2.70. The molecule has 4 heteroatoms. The van der Waals surface area contributed by atoms with E-state index in [1.807, 2.05) is 12.3 Å². The number of hydrogen-bond acceptors (Lipinski definition) is 2. The molecular formula is C13H15BrN2O. The van der Waals surface area contributed by atoms with Crippen LogP contribution in [-0.4, -0.2) is 27.3 Å². The largest absolute Gasteiger partial charge is 0.375 e. The van der Waals surface area contributed by atoms with Crippen LogP contribution in [0.5, 0.6) is 0 Å². The Morgan fingerprint density at radius 2 is 2.24 bits per heavy atom. The van der Waals surface area contributed by atoms with Crippen molar-refractivity contribution in [3.8, 4) is 0 Å². The Balaban J connectivity index is 1.76. The SMILES string of the molecule is BrC1CCC(Cn2ncc3ccccc32)OC1. The van der Waals surface area contributed by atoms with Crippen molar-refractivity contribution < 1.29 is 4.74 Å². The lowest BCUT2D eigenvalue weighted by molar-refractivity contribution is 0.00928. The molecule has 1 aliphatic heterocycles. The highest BCUT2D eigenvalue weighted by molar-refractivity contribution is 9.09. The Hall–Kier alpha value is -0.870. The van der Waals surface area contributed by atoms with Crippen LogP contribution >= 0.6 is 15.9 Å². The summed E-state index contributed by atoms with van der Waals surface area (Å²) in [5.74, 6) is 0. The molecule has 0 amide bonds. The summed E-state index contributed by atoms with van der Waals surface area (Å²) >= 11 is 3.59. The van der Waals surface area contributed by atoms with Crippen LogP contribution in [-0.2, 0) is 11.3 Å². The van der Waals surface area contributed by atoms with Crippen LogP contribution in [0.3, 0.4) is 0 Å². The topological polar surface area (TPSA) is 27.1 Å². The van der Waals surface area contributed by atoms with E-state index in [-0.39, 0.29) is 0 Å². The molecular weight excluding hydrogens is 280 g/mol. The minimum absolute atomic E-state index is 0.298. The number of fused-ring (bicyclic) bond motifs is 1. The van der Waals surface area contributed by atoms with E-state index < -0.39 is 0 Å². The number of halogens is 1. The summed E-state index contributed by atoms with van der Waals surface area (Å²) in [4.78, 5) is 0.521. The number of benzene rings is 1. The lowest BCUT2D eigenvalue weighted by Crippen LogP contribution is -2.29. The Bertz CT molecular complexity index is 503.